The van der Waals surface area contributed by atoms with E-state index in [1.807, 2.05) is 6.07 Å². The Kier molecular flexibility index (Phi) is 2.76. The SMILES string of the molecule is Cc1cccc(C2=N[C@@H](C(C)C)CO2)c1. The van der Waals surface area contributed by atoms with Gasteiger partial charge in [-0.25, -0.2) is 4.99 Å². The minimum atomic E-state index is 0.320. The molecule has 80 valence electrons. The number of benzene rings is 1. The maximum atomic E-state index is 5.62. The van der Waals surface area contributed by atoms with Crippen molar-refractivity contribution in [2.45, 2.75) is 26.8 Å². The van der Waals surface area contributed by atoms with Crippen molar-refractivity contribution in [1.29, 1.82) is 0 Å². The molecule has 0 unspecified atom stereocenters. The first-order valence-electron chi connectivity index (χ1n) is 5.44. The molecule has 0 aromatic heterocycles. The van der Waals surface area contributed by atoms with Gasteiger partial charge in [0.1, 0.15) is 6.61 Å². The molecule has 0 aliphatic carbocycles. The fraction of sp³-hybridized carbons (Fsp3) is 0.462. The number of aryl methyl sites for hydroxylation is 1. The van der Waals surface area contributed by atoms with E-state index in [0.29, 0.717) is 12.0 Å². The zero-order chi connectivity index (χ0) is 10.8. The summed E-state index contributed by atoms with van der Waals surface area (Å²) in [6.45, 7) is 7.16. The van der Waals surface area contributed by atoms with Crippen molar-refractivity contribution in [2.24, 2.45) is 10.9 Å². The monoisotopic (exact) mass is 203 g/mol. The molecule has 0 spiro atoms. The van der Waals surface area contributed by atoms with E-state index in [2.05, 4.69) is 44.0 Å². The lowest BCUT2D eigenvalue weighted by molar-refractivity contribution is 0.292. The number of aliphatic imine (C=N–C) groups is 1. The van der Waals surface area contributed by atoms with Crippen LogP contribution in [0.2, 0.25) is 0 Å². The van der Waals surface area contributed by atoms with Gasteiger partial charge in [-0.2, -0.15) is 0 Å². The first kappa shape index (κ1) is 10.2. The number of hydrogen-bond donors (Lipinski definition) is 0. The molecule has 1 aliphatic rings. The van der Waals surface area contributed by atoms with Crippen molar-refractivity contribution < 1.29 is 4.74 Å². The summed E-state index contributed by atoms with van der Waals surface area (Å²) in [5.74, 6) is 1.35. The first-order valence-corrected chi connectivity index (χ1v) is 5.44. The Labute approximate surface area is 91.0 Å². The highest BCUT2D eigenvalue weighted by Crippen LogP contribution is 2.17. The normalized spacial score (nSPS) is 20.3. The van der Waals surface area contributed by atoms with Crippen molar-refractivity contribution in [3.05, 3.63) is 35.4 Å². The predicted octanol–water partition coefficient (Wildman–Crippen LogP) is 2.80. The lowest BCUT2D eigenvalue weighted by Gasteiger charge is -2.06. The predicted molar refractivity (Wildman–Crippen MR) is 62.3 cm³/mol. The Morgan fingerprint density at radius 3 is 2.80 bits per heavy atom. The molecule has 15 heavy (non-hydrogen) atoms. The zero-order valence-electron chi connectivity index (χ0n) is 9.53. The van der Waals surface area contributed by atoms with Crippen molar-refractivity contribution in [2.75, 3.05) is 6.61 Å². The average Bonchev–Trinajstić information content (AvgIpc) is 2.66. The summed E-state index contributed by atoms with van der Waals surface area (Å²) in [6.07, 6.45) is 0. The fourth-order valence-electron chi connectivity index (χ4n) is 1.67. The highest BCUT2D eigenvalue weighted by molar-refractivity contribution is 5.95. The van der Waals surface area contributed by atoms with Crippen LogP contribution in [0, 0.1) is 12.8 Å². The Bertz CT molecular complexity index is 382. The van der Waals surface area contributed by atoms with Crippen LogP contribution in [0.1, 0.15) is 25.0 Å². The number of nitrogens with zero attached hydrogens (tertiary/aromatic N) is 1. The Balaban J connectivity index is 2.22. The maximum absolute atomic E-state index is 5.62. The molecule has 2 heteroatoms. The second kappa shape index (κ2) is 4.05. The summed E-state index contributed by atoms with van der Waals surface area (Å²) in [7, 11) is 0. The largest absolute Gasteiger partial charge is 0.475 e. The third-order valence-electron chi connectivity index (χ3n) is 2.71. The first-order chi connectivity index (χ1) is 7.16. The molecule has 0 N–H and O–H groups in total. The standard InChI is InChI=1S/C13H17NO/c1-9(2)12-8-15-13(14-12)11-6-4-5-10(3)7-11/h4-7,9,12H,8H2,1-3H3/t12-/m1/s1. The molecular weight excluding hydrogens is 186 g/mol. The zero-order valence-corrected chi connectivity index (χ0v) is 9.53. The fourth-order valence-corrected chi connectivity index (χ4v) is 1.67. The van der Waals surface area contributed by atoms with E-state index in [1.54, 1.807) is 0 Å². The van der Waals surface area contributed by atoms with Gasteiger partial charge in [-0.05, 0) is 25.0 Å². The van der Waals surface area contributed by atoms with E-state index in [1.165, 1.54) is 5.56 Å². The van der Waals surface area contributed by atoms with Gasteiger partial charge >= 0.3 is 0 Å². The van der Waals surface area contributed by atoms with E-state index < -0.39 is 0 Å². The number of hydrogen-bond acceptors (Lipinski definition) is 2. The average molecular weight is 203 g/mol. The van der Waals surface area contributed by atoms with Crippen molar-refractivity contribution in [1.82, 2.24) is 0 Å². The third-order valence-corrected chi connectivity index (χ3v) is 2.71. The van der Waals surface area contributed by atoms with Crippen LogP contribution in [-0.2, 0) is 4.74 Å². The third kappa shape index (κ3) is 2.20. The van der Waals surface area contributed by atoms with Crippen LogP contribution in [0.15, 0.2) is 29.3 Å². The summed E-state index contributed by atoms with van der Waals surface area (Å²) < 4.78 is 5.62. The quantitative estimate of drug-likeness (QED) is 0.724. The molecule has 0 radical (unpaired) electrons. The number of rotatable bonds is 2. The summed E-state index contributed by atoms with van der Waals surface area (Å²) in [6, 6.07) is 8.61. The van der Waals surface area contributed by atoms with Crippen LogP contribution >= 0.6 is 0 Å². The molecule has 0 amide bonds. The molecule has 1 aliphatic heterocycles. The van der Waals surface area contributed by atoms with E-state index in [0.717, 1.165) is 18.1 Å². The van der Waals surface area contributed by atoms with Crippen molar-refractivity contribution >= 4 is 5.90 Å². The molecule has 1 heterocycles. The Hall–Kier alpha value is -1.31. The highest BCUT2D eigenvalue weighted by Gasteiger charge is 2.22. The lowest BCUT2D eigenvalue weighted by atomic mass is 10.1. The Morgan fingerprint density at radius 1 is 1.40 bits per heavy atom. The van der Waals surface area contributed by atoms with Crippen LogP contribution in [0.4, 0.5) is 0 Å². The van der Waals surface area contributed by atoms with E-state index in [-0.39, 0.29) is 0 Å². The van der Waals surface area contributed by atoms with Gasteiger partial charge in [0.2, 0.25) is 5.90 Å². The minimum absolute atomic E-state index is 0.320. The molecule has 0 bridgehead atoms. The molecule has 1 aromatic carbocycles. The molecule has 0 saturated heterocycles. The summed E-state index contributed by atoms with van der Waals surface area (Å²) in [4.78, 5) is 4.59. The van der Waals surface area contributed by atoms with Gasteiger partial charge in [0.05, 0.1) is 6.04 Å². The number of ether oxygens (including phenoxy) is 1. The second-order valence-electron chi connectivity index (χ2n) is 4.43. The Morgan fingerprint density at radius 2 is 2.20 bits per heavy atom. The molecule has 1 atom stereocenters. The van der Waals surface area contributed by atoms with Gasteiger partial charge < -0.3 is 4.74 Å². The van der Waals surface area contributed by atoms with Crippen LogP contribution in [0.25, 0.3) is 0 Å². The van der Waals surface area contributed by atoms with Gasteiger partial charge in [-0.15, -0.1) is 0 Å². The van der Waals surface area contributed by atoms with Crippen LogP contribution in [0.5, 0.6) is 0 Å². The van der Waals surface area contributed by atoms with E-state index >= 15 is 0 Å². The van der Waals surface area contributed by atoms with Gasteiger partial charge in [0.25, 0.3) is 0 Å². The molecule has 2 rings (SSSR count). The highest BCUT2D eigenvalue weighted by atomic mass is 16.5. The second-order valence-corrected chi connectivity index (χ2v) is 4.43. The van der Waals surface area contributed by atoms with Gasteiger partial charge in [0, 0.05) is 5.56 Å². The molecule has 1 aromatic rings. The minimum Gasteiger partial charge on any atom is -0.475 e. The molecule has 0 fully saturated rings. The van der Waals surface area contributed by atoms with E-state index in [9.17, 15) is 0 Å². The maximum Gasteiger partial charge on any atom is 0.216 e. The van der Waals surface area contributed by atoms with Gasteiger partial charge in [-0.1, -0.05) is 31.5 Å². The summed E-state index contributed by atoms with van der Waals surface area (Å²) in [5.41, 5.74) is 2.34. The summed E-state index contributed by atoms with van der Waals surface area (Å²) >= 11 is 0. The summed E-state index contributed by atoms with van der Waals surface area (Å²) in [5, 5.41) is 0. The topological polar surface area (TPSA) is 21.6 Å². The van der Waals surface area contributed by atoms with Crippen LogP contribution in [-0.4, -0.2) is 18.5 Å². The van der Waals surface area contributed by atoms with Crippen LogP contribution in [0.3, 0.4) is 0 Å². The smallest absolute Gasteiger partial charge is 0.216 e. The van der Waals surface area contributed by atoms with Crippen LogP contribution < -0.4 is 0 Å². The van der Waals surface area contributed by atoms with Crippen molar-refractivity contribution in [3.63, 3.8) is 0 Å². The molecular formula is C13H17NO. The van der Waals surface area contributed by atoms with Gasteiger partial charge in [0.15, 0.2) is 0 Å². The van der Waals surface area contributed by atoms with Gasteiger partial charge in [-0.3, -0.25) is 0 Å². The lowest BCUT2D eigenvalue weighted by Crippen LogP contribution is -2.13. The molecule has 2 nitrogen and oxygen atoms in total. The molecule has 0 saturated carbocycles. The van der Waals surface area contributed by atoms with E-state index in [4.69, 9.17) is 4.74 Å². The van der Waals surface area contributed by atoms with Crippen molar-refractivity contribution in [3.8, 4) is 0 Å².